The molecule has 18 nitrogen and oxygen atoms in total. The zero-order valence-corrected chi connectivity index (χ0v) is 21.6. The Morgan fingerprint density at radius 2 is 0.375 bits per heavy atom. The van der Waals surface area contributed by atoms with Gasteiger partial charge in [0.1, 0.15) is 0 Å². The summed E-state index contributed by atoms with van der Waals surface area (Å²) >= 11 is 0. The van der Waals surface area contributed by atoms with Crippen LogP contribution in [0.15, 0.2) is 0 Å². The van der Waals surface area contributed by atoms with E-state index in [1.807, 2.05) is 0 Å². The summed E-state index contributed by atoms with van der Waals surface area (Å²) in [4.78, 5) is 58.6. The molecule has 0 saturated heterocycles. The van der Waals surface area contributed by atoms with Crippen LogP contribution in [0.5, 0.6) is 0 Å². The van der Waals surface area contributed by atoms with Gasteiger partial charge in [0.2, 0.25) is 0 Å². The Kier molecular flexibility index (Phi) is 24.3. The number of carboxylic acids is 6. The Balaban J connectivity index is -0.000000110. The summed E-state index contributed by atoms with van der Waals surface area (Å²) in [5.74, 6) is -10.6. The molecule has 0 bridgehead atoms. The van der Waals surface area contributed by atoms with E-state index in [0.717, 1.165) is 0 Å². The minimum absolute atomic E-state index is 0. The molecule has 0 saturated carbocycles. The zero-order chi connectivity index (χ0) is 24.9. The van der Waals surface area contributed by atoms with E-state index < -0.39 is 72.4 Å². The van der Waals surface area contributed by atoms with E-state index in [0.29, 0.717) is 0 Å². The second-order valence-corrected chi connectivity index (χ2v) is 4.70. The number of aliphatic hydroxyl groups excluding tert-OH is 6. The van der Waals surface area contributed by atoms with Crippen molar-refractivity contribution in [2.45, 2.75) is 36.6 Å². The third-order valence-corrected chi connectivity index (χ3v) is 2.42. The topological polar surface area (TPSA) is 345 Å². The summed E-state index contributed by atoms with van der Waals surface area (Å²) in [7, 11) is 0. The van der Waals surface area contributed by atoms with Crippen LogP contribution in [0.4, 0.5) is 0 Å². The summed E-state index contributed by atoms with van der Waals surface area (Å²) in [6.45, 7) is 0. The van der Waals surface area contributed by atoms with E-state index >= 15 is 0 Å². The normalized spacial score (nSPS) is 14.8. The van der Waals surface area contributed by atoms with Gasteiger partial charge in [-0.3, -0.25) is 0 Å². The van der Waals surface area contributed by atoms with Crippen LogP contribution in [-0.4, -0.2) is 170 Å². The molecule has 0 aromatic rings. The second kappa shape index (κ2) is 19.4. The average molecular weight is 606 g/mol. The summed E-state index contributed by atoms with van der Waals surface area (Å²) in [5.41, 5.74) is 0. The monoisotopic (exact) mass is 606 g/mol. The number of carbonyl (C=O) groups is 6. The third kappa shape index (κ3) is 17.4. The first-order valence-corrected chi connectivity index (χ1v) is 6.85. The summed E-state index contributed by atoms with van der Waals surface area (Å²) in [6.07, 6.45) is -13.6. The van der Waals surface area contributed by atoms with Crippen LogP contribution in [-0.2, 0) is 28.8 Å². The molecule has 0 aromatic carbocycles. The standard InChI is InChI=1S/3C4H6O6.2AsH3/c3*5-1(3(7)8)2(6)4(9)10;;/h3*1-2,5-6H,(H,7,8)(H,9,10);2*1H3. The number of hydrogen-bond donors (Lipinski definition) is 12. The van der Waals surface area contributed by atoms with Crippen LogP contribution in [0.25, 0.3) is 0 Å². The SMILES string of the molecule is O=C(O)C(O)C(O)C(=O)O.O=C(O)C(O)C(O)C(=O)O.O=C(O)C(O)C(O)C(=O)O.[AsH3].[AsH3]. The maximum absolute atomic E-state index is 9.77. The summed E-state index contributed by atoms with van der Waals surface area (Å²) in [5, 5.41) is 97.6. The van der Waals surface area contributed by atoms with Gasteiger partial charge in [-0.05, 0) is 0 Å². The summed E-state index contributed by atoms with van der Waals surface area (Å²) < 4.78 is 0. The quantitative estimate of drug-likeness (QED) is 0.108. The molecular weight excluding hydrogens is 582 g/mol. The fraction of sp³-hybridized carbons (Fsp3) is 0.500. The van der Waals surface area contributed by atoms with Gasteiger partial charge in [-0.15, -0.1) is 0 Å². The fourth-order valence-corrected chi connectivity index (χ4v) is 0.810. The molecule has 32 heavy (non-hydrogen) atoms. The van der Waals surface area contributed by atoms with Gasteiger partial charge >= 0.3 is 71.7 Å². The van der Waals surface area contributed by atoms with Crippen molar-refractivity contribution in [3.8, 4) is 0 Å². The Labute approximate surface area is 198 Å². The van der Waals surface area contributed by atoms with Crippen LogP contribution >= 0.6 is 0 Å². The number of carboxylic acid groups (broad SMARTS) is 6. The Bertz CT molecular complexity index is 498. The van der Waals surface area contributed by atoms with Gasteiger partial charge in [0.05, 0.1) is 0 Å². The van der Waals surface area contributed by atoms with Crippen molar-refractivity contribution in [2.24, 2.45) is 0 Å². The van der Waals surface area contributed by atoms with E-state index in [1.54, 1.807) is 0 Å². The molecule has 12 N–H and O–H groups in total. The molecule has 0 fully saturated rings. The molecule has 8 atom stereocenters. The van der Waals surface area contributed by atoms with Crippen molar-refractivity contribution in [1.29, 1.82) is 0 Å². The number of aliphatic carboxylic acids is 6. The van der Waals surface area contributed by atoms with Gasteiger partial charge in [0, 0.05) is 0 Å². The van der Waals surface area contributed by atoms with Crippen LogP contribution in [0.3, 0.4) is 0 Å². The molecule has 0 radical (unpaired) electrons. The predicted molar refractivity (Wildman–Crippen MR) is 102 cm³/mol. The molecule has 0 aliphatic carbocycles. The molecule has 0 aromatic heterocycles. The number of aliphatic hydroxyl groups is 6. The molecule has 0 heterocycles. The molecule has 0 aliphatic heterocycles. The van der Waals surface area contributed by atoms with E-state index in [1.165, 1.54) is 0 Å². The van der Waals surface area contributed by atoms with E-state index in [2.05, 4.69) is 0 Å². The van der Waals surface area contributed by atoms with Gasteiger partial charge < -0.3 is 61.3 Å². The van der Waals surface area contributed by atoms with E-state index in [-0.39, 0.29) is 35.9 Å². The van der Waals surface area contributed by atoms with Gasteiger partial charge in [-0.1, -0.05) is 0 Å². The molecule has 0 spiro atoms. The molecule has 0 rings (SSSR count). The first-order chi connectivity index (χ1) is 13.4. The second-order valence-electron chi connectivity index (χ2n) is 4.70. The minimum atomic E-state index is -2.27. The van der Waals surface area contributed by atoms with Crippen molar-refractivity contribution in [2.75, 3.05) is 0 Å². The van der Waals surface area contributed by atoms with E-state index in [9.17, 15) is 28.8 Å². The van der Waals surface area contributed by atoms with Gasteiger partial charge in [-0.25, -0.2) is 28.8 Å². The van der Waals surface area contributed by atoms with Gasteiger partial charge in [0.25, 0.3) is 0 Å². The number of hydrogen-bond acceptors (Lipinski definition) is 12. The zero-order valence-electron chi connectivity index (χ0n) is 15.7. The van der Waals surface area contributed by atoms with Crippen molar-refractivity contribution >= 4 is 71.7 Å². The fourth-order valence-electron chi connectivity index (χ4n) is 0.810. The molecule has 190 valence electrons. The average Bonchev–Trinajstić information content (AvgIpc) is 2.64. The Hall–Kier alpha value is -2.30. The Morgan fingerprint density at radius 1 is 0.312 bits per heavy atom. The summed E-state index contributed by atoms with van der Waals surface area (Å²) in [6, 6.07) is 0. The van der Waals surface area contributed by atoms with E-state index in [4.69, 9.17) is 61.3 Å². The maximum atomic E-state index is 9.77. The molecule has 0 aliphatic rings. The van der Waals surface area contributed by atoms with Crippen LogP contribution < -0.4 is 0 Å². The predicted octanol–water partition coefficient (Wildman–Crippen LogP) is -8.74. The molecular formula is C12H24As2O18. The number of rotatable bonds is 9. The van der Waals surface area contributed by atoms with Crippen LogP contribution in [0.1, 0.15) is 0 Å². The first kappa shape index (κ1) is 40.1. The molecule has 0 amide bonds. The van der Waals surface area contributed by atoms with Crippen molar-refractivity contribution in [3.63, 3.8) is 0 Å². The molecule has 20 heteroatoms. The van der Waals surface area contributed by atoms with Gasteiger partial charge in [0.15, 0.2) is 36.6 Å². The van der Waals surface area contributed by atoms with Crippen molar-refractivity contribution in [3.05, 3.63) is 0 Å². The third-order valence-electron chi connectivity index (χ3n) is 2.42. The molecule has 8 unspecified atom stereocenters. The Morgan fingerprint density at radius 3 is 0.406 bits per heavy atom. The van der Waals surface area contributed by atoms with Gasteiger partial charge in [-0.2, -0.15) is 0 Å². The van der Waals surface area contributed by atoms with Crippen molar-refractivity contribution in [1.82, 2.24) is 0 Å². The first-order valence-electron chi connectivity index (χ1n) is 6.85. The van der Waals surface area contributed by atoms with Crippen molar-refractivity contribution < 1.29 is 90.0 Å². The van der Waals surface area contributed by atoms with Crippen LogP contribution in [0, 0.1) is 0 Å². The van der Waals surface area contributed by atoms with Crippen LogP contribution in [0.2, 0.25) is 0 Å².